The van der Waals surface area contributed by atoms with E-state index in [2.05, 4.69) is 19.2 Å². The second-order valence-electron chi connectivity index (χ2n) is 5.92. The Morgan fingerprint density at radius 1 is 1.32 bits per heavy atom. The standard InChI is InChI=1S/C17H24N2O3/c1-13(2)6-4-7-14(3)18-17(20)11-10-15-8-5-9-16(12-15)19(21)22/h5,8-14H,4,6-7H2,1-3H3,(H,18,20)/b11-10+. The van der Waals surface area contributed by atoms with Crippen LogP contribution in [0.25, 0.3) is 6.08 Å². The van der Waals surface area contributed by atoms with E-state index in [1.807, 2.05) is 6.92 Å². The van der Waals surface area contributed by atoms with E-state index in [9.17, 15) is 14.9 Å². The molecule has 1 rings (SSSR count). The summed E-state index contributed by atoms with van der Waals surface area (Å²) in [6.45, 7) is 6.36. The number of hydrogen-bond donors (Lipinski definition) is 1. The van der Waals surface area contributed by atoms with Crippen LogP contribution in [0.3, 0.4) is 0 Å². The molecule has 1 atom stereocenters. The molecule has 0 fully saturated rings. The van der Waals surface area contributed by atoms with Crippen LogP contribution in [0.4, 0.5) is 5.69 Å². The Kier molecular flexibility index (Phi) is 7.29. The number of nitrogens with zero attached hydrogens (tertiary/aromatic N) is 1. The molecule has 22 heavy (non-hydrogen) atoms. The molecule has 5 nitrogen and oxygen atoms in total. The molecule has 0 radical (unpaired) electrons. The topological polar surface area (TPSA) is 72.2 Å². The monoisotopic (exact) mass is 304 g/mol. The quantitative estimate of drug-likeness (QED) is 0.449. The summed E-state index contributed by atoms with van der Waals surface area (Å²) in [5.41, 5.74) is 0.654. The summed E-state index contributed by atoms with van der Waals surface area (Å²) in [4.78, 5) is 22.0. The summed E-state index contributed by atoms with van der Waals surface area (Å²) >= 11 is 0. The van der Waals surface area contributed by atoms with Crippen molar-refractivity contribution in [1.29, 1.82) is 0 Å². The van der Waals surface area contributed by atoms with E-state index in [-0.39, 0.29) is 17.6 Å². The lowest BCUT2D eigenvalue weighted by Gasteiger charge is -2.13. The Bertz CT molecular complexity index is 538. The normalized spacial score (nSPS) is 12.5. The fourth-order valence-electron chi connectivity index (χ4n) is 2.11. The van der Waals surface area contributed by atoms with Gasteiger partial charge in [-0.3, -0.25) is 14.9 Å². The van der Waals surface area contributed by atoms with E-state index in [1.165, 1.54) is 18.2 Å². The number of carbonyl (C=O) groups excluding carboxylic acids is 1. The highest BCUT2D eigenvalue weighted by molar-refractivity contribution is 5.91. The summed E-state index contributed by atoms with van der Waals surface area (Å²) in [7, 11) is 0. The number of nitro groups is 1. The lowest BCUT2D eigenvalue weighted by Crippen LogP contribution is -2.31. The highest BCUT2D eigenvalue weighted by Crippen LogP contribution is 2.14. The van der Waals surface area contributed by atoms with E-state index in [0.717, 1.165) is 19.3 Å². The first-order valence-corrected chi connectivity index (χ1v) is 7.61. The van der Waals surface area contributed by atoms with Crippen molar-refractivity contribution in [2.45, 2.75) is 46.1 Å². The van der Waals surface area contributed by atoms with Crippen LogP contribution in [0, 0.1) is 16.0 Å². The van der Waals surface area contributed by atoms with Crippen LogP contribution in [0.5, 0.6) is 0 Å². The van der Waals surface area contributed by atoms with E-state index in [4.69, 9.17) is 0 Å². The molecule has 0 aliphatic rings. The minimum atomic E-state index is -0.450. The summed E-state index contributed by atoms with van der Waals surface area (Å²) in [6, 6.07) is 6.32. The van der Waals surface area contributed by atoms with Gasteiger partial charge in [0, 0.05) is 24.3 Å². The molecular formula is C17H24N2O3. The van der Waals surface area contributed by atoms with E-state index in [0.29, 0.717) is 11.5 Å². The van der Waals surface area contributed by atoms with Gasteiger partial charge in [0.15, 0.2) is 0 Å². The maximum atomic E-state index is 11.8. The number of non-ortho nitro benzene ring substituents is 1. The third-order valence-electron chi connectivity index (χ3n) is 3.32. The van der Waals surface area contributed by atoms with Gasteiger partial charge < -0.3 is 5.32 Å². The highest BCUT2D eigenvalue weighted by Gasteiger charge is 2.06. The summed E-state index contributed by atoms with van der Waals surface area (Å²) < 4.78 is 0. The largest absolute Gasteiger partial charge is 0.350 e. The smallest absolute Gasteiger partial charge is 0.270 e. The van der Waals surface area contributed by atoms with Gasteiger partial charge in [-0.15, -0.1) is 0 Å². The minimum Gasteiger partial charge on any atom is -0.350 e. The molecule has 1 aromatic carbocycles. The predicted molar refractivity (Wildman–Crippen MR) is 88.4 cm³/mol. The van der Waals surface area contributed by atoms with Crippen molar-refractivity contribution in [2.24, 2.45) is 5.92 Å². The first kappa shape index (κ1) is 17.9. The number of amides is 1. The highest BCUT2D eigenvalue weighted by atomic mass is 16.6. The Hall–Kier alpha value is -2.17. The molecule has 1 unspecified atom stereocenters. The molecule has 5 heteroatoms. The number of nitrogens with one attached hydrogen (secondary N) is 1. The summed E-state index contributed by atoms with van der Waals surface area (Å²) in [5.74, 6) is 0.500. The van der Waals surface area contributed by atoms with Crippen LogP contribution in [0.2, 0.25) is 0 Å². The van der Waals surface area contributed by atoms with Crippen molar-refractivity contribution in [1.82, 2.24) is 5.32 Å². The lowest BCUT2D eigenvalue weighted by molar-refractivity contribution is -0.384. The van der Waals surface area contributed by atoms with Gasteiger partial charge in [0.2, 0.25) is 5.91 Å². The SMILES string of the molecule is CC(C)CCCC(C)NC(=O)/C=C/c1cccc([N+](=O)[O-])c1. The maximum Gasteiger partial charge on any atom is 0.270 e. The lowest BCUT2D eigenvalue weighted by atomic mass is 10.0. The van der Waals surface area contributed by atoms with Crippen molar-refractivity contribution in [3.05, 3.63) is 46.0 Å². The van der Waals surface area contributed by atoms with E-state index in [1.54, 1.807) is 18.2 Å². The average molecular weight is 304 g/mol. The third-order valence-corrected chi connectivity index (χ3v) is 3.32. The van der Waals surface area contributed by atoms with Crippen LogP contribution in [-0.4, -0.2) is 16.9 Å². The molecule has 0 aliphatic heterocycles. The molecule has 0 saturated carbocycles. The molecule has 120 valence electrons. The van der Waals surface area contributed by atoms with Gasteiger partial charge in [-0.2, -0.15) is 0 Å². The van der Waals surface area contributed by atoms with Crippen molar-refractivity contribution < 1.29 is 9.72 Å². The number of carbonyl (C=O) groups is 1. The molecule has 0 bridgehead atoms. The van der Waals surface area contributed by atoms with Crippen LogP contribution in [0.1, 0.15) is 45.6 Å². The van der Waals surface area contributed by atoms with E-state index >= 15 is 0 Å². The average Bonchev–Trinajstić information content (AvgIpc) is 2.45. The van der Waals surface area contributed by atoms with Crippen LogP contribution in [-0.2, 0) is 4.79 Å². The maximum absolute atomic E-state index is 11.8. The molecular weight excluding hydrogens is 280 g/mol. The van der Waals surface area contributed by atoms with Gasteiger partial charge in [0.25, 0.3) is 5.69 Å². The third kappa shape index (κ3) is 7.02. The predicted octanol–water partition coefficient (Wildman–Crippen LogP) is 3.94. The van der Waals surface area contributed by atoms with E-state index < -0.39 is 4.92 Å². The Labute approximate surface area is 131 Å². The van der Waals surface area contributed by atoms with Crippen molar-refractivity contribution in [2.75, 3.05) is 0 Å². The molecule has 0 aliphatic carbocycles. The van der Waals surface area contributed by atoms with Gasteiger partial charge in [-0.05, 0) is 30.9 Å². The van der Waals surface area contributed by atoms with Gasteiger partial charge in [-0.25, -0.2) is 0 Å². The first-order valence-electron chi connectivity index (χ1n) is 7.61. The molecule has 0 saturated heterocycles. The Morgan fingerprint density at radius 3 is 2.68 bits per heavy atom. The van der Waals surface area contributed by atoms with Crippen LogP contribution >= 0.6 is 0 Å². The zero-order valence-corrected chi connectivity index (χ0v) is 13.4. The number of benzene rings is 1. The molecule has 0 aromatic heterocycles. The molecule has 0 heterocycles. The zero-order valence-electron chi connectivity index (χ0n) is 13.4. The zero-order chi connectivity index (χ0) is 16.5. The van der Waals surface area contributed by atoms with Gasteiger partial charge in [-0.1, -0.05) is 38.8 Å². The number of rotatable bonds is 8. The van der Waals surface area contributed by atoms with Gasteiger partial charge in [0.05, 0.1) is 4.92 Å². The second kappa shape index (κ2) is 8.97. The minimum absolute atomic E-state index is 0.0182. The van der Waals surface area contributed by atoms with Crippen LogP contribution < -0.4 is 5.32 Å². The summed E-state index contributed by atoms with van der Waals surface area (Å²) in [6.07, 6.45) is 6.20. The van der Waals surface area contributed by atoms with Crippen LogP contribution in [0.15, 0.2) is 30.3 Å². The molecule has 1 aromatic rings. The van der Waals surface area contributed by atoms with Gasteiger partial charge in [0.1, 0.15) is 0 Å². The van der Waals surface area contributed by atoms with Crippen molar-refractivity contribution in [3.63, 3.8) is 0 Å². The molecule has 1 amide bonds. The Balaban J connectivity index is 2.47. The molecule has 1 N–H and O–H groups in total. The fraction of sp³-hybridized carbons (Fsp3) is 0.471. The first-order chi connectivity index (χ1) is 10.4. The second-order valence-corrected chi connectivity index (χ2v) is 5.92. The Morgan fingerprint density at radius 2 is 2.05 bits per heavy atom. The number of hydrogen-bond acceptors (Lipinski definition) is 3. The van der Waals surface area contributed by atoms with Crippen molar-refractivity contribution >= 4 is 17.7 Å². The van der Waals surface area contributed by atoms with Gasteiger partial charge >= 0.3 is 0 Å². The van der Waals surface area contributed by atoms with Crippen molar-refractivity contribution in [3.8, 4) is 0 Å². The fourth-order valence-corrected chi connectivity index (χ4v) is 2.11. The summed E-state index contributed by atoms with van der Waals surface area (Å²) in [5, 5.41) is 13.6. The number of nitro benzene ring substituents is 1. The molecule has 0 spiro atoms.